The minimum atomic E-state index is -0.311. The van der Waals surface area contributed by atoms with Crippen LogP contribution in [0.5, 0.6) is 0 Å². The molecule has 0 fully saturated rings. The Labute approximate surface area is 157 Å². The van der Waals surface area contributed by atoms with E-state index >= 15 is 0 Å². The van der Waals surface area contributed by atoms with Gasteiger partial charge < -0.3 is 16.0 Å². The van der Waals surface area contributed by atoms with Crippen LogP contribution in [0.4, 0.5) is 16.2 Å². The number of hydrogen-bond acceptors (Lipinski definition) is 3. The van der Waals surface area contributed by atoms with Gasteiger partial charge in [0.1, 0.15) is 6.54 Å². The van der Waals surface area contributed by atoms with Gasteiger partial charge in [-0.15, -0.1) is 0 Å². The first-order valence-electron chi connectivity index (χ1n) is 8.60. The fourth-order valence-electron chi connectivity index (χ4n) is 2.58. The summed E-state index contributed by atoms with van der Waals surface area (Å²) in [5.41, 5.74) is 2.33. The molecule has 3 rings (SSSR count). The number of anilines is 2. The summed E-state index contributed by atoms with van der Waals surface area (Å²) in [6.07, 6.45) is 3.38. The van der Waals surface area contributed by atoms with Gasteiger partial charge in [-0.25, -0.2) is 4.79 Å². The lowest BCUT2D eigenvalue weighted by molar-refractivity contribution is -0.122. The van der Waals surface area contributed by atoms with E-state index in [1.165, 1.54) is 0 Å². The summed E-state index contributed by atoms with van der Waals surface area (Å²) in [5, 5.41) is 12.5. The van der Waals surface area contributed by atoms with Crippen LogP contribution in [-0.4, -0.2) is 21.7 Å². The third-order valence-corrected chi connectivity index (χ3v) is 3.94. The normalized spacial score (nSPS) is 11.4. The molecule has 7 heteroatoms. The molecule has 1 aromatic heterocycles. The highest BCUT2D eigenvalue weighted by Gasteiger charge is 2.10. The summed E-state index contributed by atoms with van der Waals surface area (Å²) in [6.45, 7) is 2.09. The van der Waals surface area contributed by atoms with Gasteiger partial charge in [0.25, 0.3) is 0 Å². The average Bonchev–Trinajstić information content (AvgIpc) is 3.15. The number of para-hydroxylation sites is 1. The molecule has 0 unspecified atom stereocenters. The molecular formula is C20H21N5O2. The predicted octanol–water partition coefficient (Wildman–Crippen LogP) is 3.40. The van der Waals surface area contributed by atoms with Crippen molar-refractivity contribution in [1.29, 1.82) is 0 Å². The highest BCUT2D eigenvalue weighted by molar-refractivity contribution is 5.99. The Morgan fingerprint density at radius 2 is 1.63 bits per heavy atom. The molecule has 138 valence electrons. The van der Waals surface area contributed by atoms with E-state index < -0.39 is 0 Å². The van der Waals surface area contributed by atoms with Crippen molar-refractivity contribution in [3.05, 3.63) is 78.6 Å². The first-order chi connectivity index (χ1) is 13.1. The Morgan fingerprint density at radius 1 is 0.963 bits per heavy atom. The summed E-state index contributed by atoms with van der Waals surface area (Å²) in [4.78, 5) is 24.1. The third kappa shape index (κ3) is 5.43. The van der Waals surface area contributed by atoms with Crippen molar-refractivity contribution in [3.63, 3.8) is 0 Å². The van der Waals surface area contributed by atoms with E-state index in [2.05, 4.69) is 21.0 Å². The van der Waals surface area contributed by atoms with Gasteiger partial charge >= 0.3 is 6.03 Å². The molecule has 0 aliphatic rings. The topological polar surface area (TPSA) is 88.1 Å². The lowest BCUT2D eigenvalue weighted by atomic mass is 10.1. The van der Waals surface area contributed by atoms with E-state index in [-0.39, 0.29) is 24.5 Å². The van der Waals surface area contributed by atoms with Gasteiger partial charge in [-0.2, -0.15) is 5.10 Å². The zero-order chi connectivity index (χ0) is 19.1. The lowest BCUT2D eigenvalue weighted by Crippen LogP contribution is -2.30. The zero-order valence-corrected chi connectivity index (χ0v) is 14.9. The Bertz CT molecular complexity index is 877. The van der Waals surface area contributed by atoms with E-state index in [1.807, 2.05) is 49.4 Å². The van der Waals surface area contributed by atoms with Crippen LogP contribution in [-0.2, 0) is 11.3 Å². The van der Waals surface area contributed by atoms with E-state index in [0.717, 1.165) is 11.3 Å². The second kappa shape index (κ2) is 8.66. The molecule has 0 aliphatic heterocycles. The minimum Gasteiger partial charge on any atom is -0.348 e. The van der Waals surface area contributed by atoms with Crippen LogP contribution in [0, 0.1) is 0 Å². The van der Waals surface area contributed by atoms with Crippen molar-refractivity contribution < 1.29 is 9.59 Å². The summed E-state index contributed by atoms with van der Waals surface area (Å²) in [7, 11) is 0. The largest absolute Gasteiger partial charge is 0.348 e. The molecule has 0 spiro atoms. The molecule has 0 aliphatic carbocycles. The smallest absolute Gasteiger partial charge is 0.323 e. The number of carbonyl (C=O) groups is 2. The summed E-state index contributed by atoms with van der Waals surface area (Å²) < 4.78 is 1.57. The number of hydrogen-bond donors (Lipinski definition) is 3. The number of aromatic nitrogens is 2. The first kappa shape index (κ1) is 18.2. The second-order valence-electron chi connectivity index (χ2n) is 6.06. The maximum atomic E-state index is 12.0. The highest BCUT2D eigenvalue weighted by atomic mass is 16.2. The van der Waals surface area contributed by atoms with Crippen LogP contribution < -0.4 is 16.0 Å². The average molecular weight is 363 g/mol. The van der Waals surface area contributed by atoms with Crippen LogP contribution in [0.25, 0.3) is 0 Å². The Hall–Kier alpha value is -3.61. The molecule has 7 nitrogen and oxygen atoms in total. The van der Waals surface area contributed by atoms with Gasteiger partial charge in [-0.3, -0.25) is 9.48 Å². The molecule has 3 N–H and O–H groups in total. The SMILES string of the molecule is C[C@H](NC(=O)Cn1cccn1)c1ccc(NC(=O)Nc2ccccc2)cc1. The van der Waals surface area contributed by atoms with Crippen molar-refractivity contribution >= 4 is 23.3 Å². The maximum absolute atomic E-state index is 12.0. The van der Waals surface area contributed by atoms with Gasteiger partial charge in [-0.05, 0) is 42.8 Å². The minimum absolute atomic E-state index is 0.115. The molecule has 0 saturated carbocycles. The molecular weight excluding hydrogens is 342 g/mol. The molecule has 1 heterocycles. The fraction of sp³-hybridized carbons (Fsp3) is 0.150. The van der Waals surface area contributed by atoms with Crippen LogP contribution >= 0.6 is 0 Å². The molecule has 0 bridgehead atoms. The van der Waals surface area contributed by atoms with Crippen molar-refractivity contribution in [2.75, 3.05) is 10.6 Å². The highest BCUT2D eigenvalue weighted by Crippen LogP contribution is 2.16. The molecule has 2 aromatic carbocycles. The number of nitrogens with one attached hydrogen (secondary N) is 3. The van der Waals surface area contributed by atoms with Gasteiger partial charge in [0.15, 0.2) is 0 Å². The van der Waals surface area contributed by atoms with E-state index in [0.29, 0.717) is 5.69 Å². The quantitative estimate of drug-likeness (QED) is 0.627. The van der Waals surface area contributed by atoms with Crippen molar-refractivity contribution in [3.8, 4) is 0 Å². The molecule has 3 amide bonds. The number of urea groups is 1. The fourth-order valence-corrected chi connectivity index (χ4v) is 2.58. The Kier molecular flexibility index (Phi) is 5.84. The predicted molar refractivity (Wildman–Crippen MR) is 104 cm³/mol. The standard InChI is InChI=1S/C20H21N5O2/c1-15(22-19(26)14-25-13-5-12-21-25)16-8-10-18(11-9-16)24-20(27)23-17-6-3-2-4-7-17/h2-13,15H,14H2,1H3,(H,22,26)(H2,23,24,27)/t15-/m0/s1. The molecule has 1 atom stereocenters. The number of rotatable bonds is 6. The van der Waals surface area contributed by atoms with Crippen LogP contribution in [0.15, 0.2) is 73.1 Å². The van der Waals surface area contributed by atoms with Gasteiger partial charge in [-0.1, -0.05) is 30.3 Å². The van der Waals surface area contributed by atoms with Crippen LogP contribution in [0.2, 0.25) is 0 Å². The van der Waals surface area contributed by atoms with Crippen molar-refractivity contribution in [2.45, 2.75) is 19.5 Å². The van der Waals surface area contributed by atoms with E-state index in [9.17, 15) is 9.59 Å². The molecule has 3 aromatic rings. The Morgan fingerprint density at radius 3 is 2.26 bits per heavy atom. The first-order valence-corrected chi connectivity index (χ1v) is 8.60. The van der Waals surface area contributed by atoms with Crippen molar-refractivity contribution in [2.24, 2.45) is 0 Å². The molecule has 0 saturated heterocycles. The van der Waals surface area contributed by atoms with Crippen molar-refractivity contribution in [1.82, 2.24) is 15.1 Å². The second-order valence-corrected chi connectivity index (χ2v) is 6.06. The molecule has 0 radical (unpaired) electrons. The summed E-state index contributed by atoms with van der Waals surface area (Å²) >= 11 is 0. The monoisotopic (exact) mass is 363 g/mol. The maximum Gasteiger partial charge on any atom is 0.323 e. The van der Waals surface area contributed by atoms with Gasteiger partial charge in [0.2, 0.25) is 5.91 Å². The Balaban J connectivity index is 1.51. The number of benzene rings is 2. The third-order valence-electron chi connectivity index (χ3n) is 3.94. The van der Waals surface area contributed by atoms with Gasteiger partial charge in [0, 0.05) is 23.8 Å². The van der Waals surface area contributed by atoms with Crippen LogP contribution in [0.1, 0.15) is 18.5 Å². The van der Waals surface area contributed by atoms with E-state index in [1.54, 1.807) is 35.3 Å². The van der Waals surface area contributed by atoms with E-state index in [4.69, 9.17) is 0 Å². The van der Waals surface area contributed by atoms with Crippen LogP contribution in [0.3, 0.4) is 0 Å². The zero-order valence-electron chi connectivity index (χ0n) is 14.9. The summed E-state index contributed by atoms with van der Waals surface area (Å²) in [6, 6.07) is 17.9. The van der Waals surface area contributed by atoms with Gasteiger partial charge in [0.05, 0.1) is 6.04 Å². The molecule has 27 heavy (non-hydrogen) atoms. The summed E-state index contributed by atoms with van der Waals surface area (Å²) in [5.74, 6) is -0.115. The number of nitrogens with zero attached hydrogens (tertiary/aromatic N) is 2. The lowest BCUT2D eigenvalue weighted by Gasteiger charge is -2.15. The number of amides is 3. The number of carbonyl (C=O) groups excluding carboxylic acids is 2.